The first kappa shape index (κ1) is 12.8. The van der Waals surface area contributed by atoms with E-state index in [1.807, 2.05) is 11.8 Å². The normalized spacial score (nSPS) is 47.6. The molecule has 102 valence electrons. The van der Waals surface area contributed by atoms with Crippen LogP contribution in [0.5, 0.6) is 0 Å². The lowest BCUT2D eigenvalue weighted by Crippen LogP contribution is -2.51. The predicted molar refractivity (Wildman–Crippen MR) is 75.4 cm³/mol. The Labute approximate surface area is 114 Å². The highest BCUT2D eigenvalue weighted by Crippen LogP contribution is 2.48. The van der Waals surface area contributed by atoms with E-state index in [9.17, 15) is 4.79 Å². The van der Waals surface area contributed by atoms with Gasteiger partial charge in [-0.2, -0.15) is 11.8 Å². The maximum absolute atomic E-state index is 12.7. The van der Waals surface area contributed by atoms with Gasteiger partial charge in [0.1, 0.15) is 0 Å². The summed E-state index contributed by atoms with van der Waals surface area (Å²) in [5, 5.41) is 1.13. The summed E-state index contributed by atoms with van der Waals surface area (Å²) in [7, 11) is 0. The van der Waals surface area contributed by atoms with E-state index >= 15 is 0 Å². The van der Waals surface area contributed by atoms with Crippen LogP contribution in [-0.4, -0.2) is 40.4 Å². The number of thioether (sulfide) groups is 1. The average Bonchev–Trinajstić information content (AvgIpc) is 2.87. The number of nitrogens with zero attached hydrogens (tertiary/aromatic N) is 1. The van der Waals surface area contributed by atoms with Gasteiger partial charge in [-0.05, 0) is 31.1 Å². The lowest BCUT2D eigenvalue weighted by atomic mass is 9.84. The Hall–Kier alpha value is -0.220. The fourth-order valence-corrected chi connectivity index (χ4v) is 5.60. The van der Waals surface area contributed by atoms with Crippen molar-refractivity contribution < 1.29 is 4.79 Å². The van der Waals surface area contributed by atoms with Crippen LogP contribution in [0.1, 0.15) is 33.1 Å². The number of amides is 1. The molecule has 2 N–H and O–H groups in total. The van der Waals surface area contributed by atoms with Crippen molar-refractivity contribution in [3.63, 3.8) is 0 Å². The van der Waals surface area contributed by atoms with Crippen LogP contribution in [0, 0.1) is 17.8 Å². The monoisotopic (exact) mass is 268 g/mol. The molecule has 1 saturated heterocycles. The number of hydrogen-bond donors (Lipinski definition) is 1. The molecule has 0 spiro atoms. The smallest absolute Gasteiger partial charge is 0.227 e. The Morgan fingerprint density at radius 1 is 1.17 bits per heavy atom. The summed E-state index contributed by atoms with van der Waals surface area (Å²) in [5.74, 6) is 1.69. The zero-order valence-corrected chi connectivity index (χ0v) is 12.2. The number of carbonyl (C=O) groups is 1. The molecule has 0 aromatic rings. The zero-order chi connectivity index (χ0) is 12.9. The molecule has 6 atom stereocenters. The molecule has 4 heteroatoms. The van der Waals surface area contributed by atoms with Gasteiger partial charge in [-0.25, -0.2) is 0 Å². The standard InChI is InChI=1S/C14H24N2OS/c1-8-6-16(7-9(2)18-8)14(17)12-10-3-4-11(5-10)13(12)15/h8-13H,3-7,15H2,1-2H3. The van der Waals surface area contributed by atoms with Crippen LogP contribution in [0.3, 0.4) is 0 Å². The topological polar surface area (TPSA) is 46.3 Å². The Balaban J connectivity index is 1.71. The molecular formula is C14H24N2OS. The molecule has 3 fully saturated rings. The molecule has 1 aliphatic heterocycles. The molecule has 1 heterocycles. The maximum Gasteiger partial charge on any atom is 0.227 e. The van der Waals surface area contributed by atoms with Crippen LogP contribution < -0.4 is 5.73 Å². The largest absolute Gasteiger partial charge is 0.340 e. The molecule has 2 saturated carbocycles. The van der Waals surface area contributed by atoms with Crippen molar-refractivity contribution in [2.75, 3.05) is 13.1 Å². The lowest BCUT2D eigenvalue weighted by molar-refractivity contribution is -0.137. The van der Waals surface area contributed by atoms with Gasteiger partial charge in [0.2, 0.25) is 5.91 Å². The summed E-state index contributed by atoms with van der Waals surface area (Å²) in [5.41, 5.74) is 6.29. The highest BCUT2D eigenvalue weighted by molar-refractivity contribution is 8.00. The fourth-order valence-electron chi connectivity index (χ4n) is 4.27. The van der Waals surface area contributed by atoms with Crippen molar-refractivity contribution in [1.82, 2.24) is 4.90 Å². The second kappa shape index (κ2) is 4.71. The number of rotatable bonds is 1. The van der Waals surface area contributed by atoms with Crippen LogP contribution >= 0.6 is 11.8 Å². The van der Waals surface area contributed by atoms with Crippen LogP contribution in [0.2, 0.25) is 0 Å². The van der Waals surface area contributed by atoms with Crippen molar-refractivity contribution >= 4 is 17.7 Å². The maximum atomic E-state index is 12.7. The first-order chi connectivity index (χ1) is 8.56. The molecule has 1 amide bonds. The molecule has 3 nitrogen and oxygen atoms in total. The van der Waals surface area contributed by atoms with Gasteiger partial charge in [-0.3, -0.25) is 4.79 Å². The van der Waals surface area contributed by atoms with Gasteiger partial charge in [0, 0.05) is 29.6 Å². The Morgan fingerprint density at radius 3 is 2.33 bits per heavy atom. The van der Waals surface area contributed by atoms with Gasteiger partial charge in [-0.1, -0.05) is 13.8 Å². The first-order valence-electron chi connectivity index (χ1n) is 7.26. The zero-order valence-electron chi connectivity index (χ0n) is 11.3. The van der Waals surface area contributed by atoms with Crippen molar-refractivity contribution in [2.45, 2.75) is 49.7 Å². The van der Waals surface area contributed by atoms with Crippen molar-refractivity contribution in [2.24, 2.45) is 23.5 Å². The molecule has 0 aromatic heterocycles. The first-order valence-corrected chi connectivity index (χ1v) is 8.20. The summed E-state index contributed by atoms with van der Waals surface area (Å²) < 4.78 is 0. The van der Waals surface area contributed by atoms with E-state index in [1.54, 1.807) is 0 Å². The van der Waals surface area contributed by atoms with Crippen LogP contribution in [0.15, 0.2) is 0 Å². The SMILES string of the molecule is CC1CN(C(=O)C2C3CCC(C3)C2N)CC(C)S1. The van der Waals surface area contributed by atoms with Crippen LogP contribution in [-0.2, 0) is 4.79 Å². The molecule has 2 bridgehead atoms. The van der Waals surface area contributed by atoms with Gasteiger partial charge in [0.15, 0.2) is 0 Å². The Morgan fingerprint density at radius 2 is 1.78 bits per heavy atom. The van der Waals surface area contributed by atoms with E-state index in [2.05, 4.69) is 18.7 Å². The number of carbonyl (C=O) groups excluding carboxylic acids is 1. The minimum atomic E-state index is 0.131. The molecule has 6 unspecified atom stereocenters. The van der Waals surface area contributed by atoms with Gasteiger partial charge < -0.3 is 10.6 Å². The third-order valence-corrected chi connectivity index (χ3v) is 6.22. The van der Waals surface area contributed by atoms with E-state index < -0.39 is 0 Å². The minimum absolute atomic E-state index is 0.131. The van der Waals surface area contributed by atoms with Gasteiger partial charge in [0.25, 0.3) is 0 Å². The van der Waals surface area contributed by atoms with Crippen molar-refractivity contribution in [3.8, 4) is 0 Å². The fraction of sp³-hybridized carbons (Fsp3) is 0.929. The molecular weight excluding hydrogens is 244 g/mol. The number of nitrogens with two attached hydrogens (primary N) is 1. The van der Waals surface area contributed by atoms with Gasteiger partial charge in [0.05, 0.1) is 5.92 Å². The van der Waals surface area contributed by atoms with Crippen molar-refractivity contribution in [3.05, 3.63) is 0 Å². The van der Waals surface area contributed by atoms with E-state index in [-0.39, 0.29) is 12.0 Å². The number of hydrogen-bond acceptors (Lipinski definition) is 3. The van der Waals surface area contributed by atoms with E-state index in [1.165, 1.54) is 19.3 Å². The van der Waals surface area contributed by atoms with Crippen LogP contribution in [0.25, 0.3) is 0 Å². The summed E-state index contributed by atoms with van der Waals surface area (Å²) >= 11 is 2.00. The summed E-state index contributed by atoms with van der Waals surface area (Å²) in [6.45, 7) is 6.27. The molecule has 3 aliphatic rings. The summed E-state index contributed by atoms with van der Waals surface area (Å²) in [4.78, 5) is 14.8. The molecule has 0 aromatic carbocycles. The molecule has 18 heavy (non-hydrogen) atoms. The van der Waals surface area contributed by atoms with Crippen molar-refractivity contribution in [1.29, 1.82) is 0 Å². The predicted octanol–water partition coefficient (Wildman–Crippen LogP) is 1.71. The Bertz CT molecular complexity index is 337. The third-order valence-electron chi connectivity index (χ3n) is 5.00. The average molecular weight is 268 g/mol. The highest BCUT2D eigenvalue weighted by atomic mass is 32.2. The second-order valence-corrected chi connectivity index (χ2v) is 8.32. The van der Waals surface area contributed by atoms with E-state index in [4.69, 9.17) is 5.73 Å². The van der Waals surface area contributed by atoms with Gasteiger partial charge >= 0.3 is 0 Å². The summed E-state index contributed by atoms with van der Waals surface area (Å²) in [6.07, 6.45) is 3.67. The second-order valence-electron chi connectivity index (χ2n) is 6.44. The van der Waals surface area contributed by atoms with Crippen LogP contribution in [0.4, 0.5) is 0 Å². The lowest BCUT2D eigenvalue weighted by Gasteiger charge is -2.38. The molecule has 2 aliphatic carbocycles. The minimum Gasteiger partial charge on any atom is -0.340 e. The molecule has 0 radical (unpaired) electrons. The van der Waals surface area contributed by atoms with E-state index in [0.717, 1.165) is 13.1 Å². The third kappa shape index (κ3) is 2.07. The quantitative estimate of drug-likeness (QED) is 0.787. The summed E-state index contributed by atoms with van der Waals surface area (Å²) in [6, 6.07) is 0.136. The van der Waals surface area contributed by atoms with E-state index in [0.29, 0.717) is 28.2 Å². The number of fused-ring (bicyclic) bond motifs is 2. The van der Waals surface area contributed by atoms with Gasteiger partial charge in [-0.15, -0.1) is 0 Å². The highest BCUT2D eigenvalue weighted by Gasteiger charge is 2.50. The Kier molecular flexibility index (Phi) is 3.35. The molecule has 3 rings (SSSR count).